The summed E-state index contributed by atoms with van der Waals surface area (Å²) >= 11 is 0. The molecule has 0 saturated carbocycles. The van der Waals surface area contributed by atoms with Crippen LogP contribution in [0.4, 0.5) is 0 Å². The SMILES string of the molecule is OCC(CO)NCc1cnn(-c2ccccc2)c1. The maximum Gasteiger partial charge on any atom is 0.0645 e. The first-order valence-electron chi connectivity index (χ1n) is 5.87. The van der Waals surface area contributed by atoms with Crippen LogP contribution in [0.3, 0.4) is 0 Å². The van der Waals surface area contributed by atoms with Crippen LogP contribution in [0.25, 0.3) is 5.69 Å². The van der Waals surface area contributed by atoms with Crippen LogP contribution in [0.2, 0.25) is 0 Å². The molecule has 0 aliphatic rings. The number of benzene rings is 1. The standard InChI is InChI=1S/C13H17N3O2/c17-9-12(10-18)14-6-11-7-15-16(8-11)13-4-2-1-3-5-13/h1-5,7-8,12,14,17-18H,6,9-10H2. The summed E-state index contributed by atoms with van der Waals surface area (Å²) in [6, 6.07) is 9.56. The van der Waals surface area contributed by atoms with Gasteiger partial charge in [-0.2, -0.15) is 5.10 Å². The van der Waals surface area contributed by atoms with Crippen LogP contribution in [0.1, 0.15) is 5.56 Å². The summed E-state index contributed by atoms with van der Waals surface area (Å²) in [7, 11) is 0. The number of aromatic nitrogens is 2. The van der Waals surface area contributed by atoms with E-state index in [1.165, 1.54) is 0 Å². The lowest BCUT2D eigenvalue weighted by atomic mass is 10.3. The summed E-state index contributed by atoms with van der Waals surface area (Å²) in [4.78, 5) is 0. The minimum absolute atomic E-state index is 0.0800. The molecule has 0 amide bonds. The minimum Gasteiger partial charge on any atom is -0.395 e. The lowest BCUT2D eigenvalue weighted by Gasteiger charge is -2.11. The molecule has 0 spiro atoms. The van der Waals surface area contributed by atoms with Crippen LogP contribution in [0.5, 0.6) is 0 Å². The number of aliphatic hydroxyl groups excluding tert-OH is 2. The Bertz CT molecular complexity index is 466. The van der Waals surface area contributed by atoms with E-state index < -0.39 is 0 Å². The van der Waals surface area contributed by atoms with E-state index in [9.17, 15) is 0 Å². The summed E-state index contributed by atoms with van der Waals surface area (Å²) in [5.41, 5.74) is 2.01. The lowest BCUT2D eigenvalue weighted by Crippen LogP contribution is -2.35. The highest BCUT2D eigenvalue weighted by atomic mass is 16.3. The van der Waals surface area contributed by atoms with Gasteiger partial charge in [0.05, 0.1) is 31.1 Å². The molecule has 0 aliphatic heterocycles. The van der Waals surface area contributed by atoms with Crippen molar-refractivity contribution in [1.82, 2.24) is 15.1 Å². The smallest absolute Gasteiger partial charge is 0.0645 e. The summed E-state index contributed by atoms with van der Waals surface area (Å²) in [6.45, 7) is 0.408. The van der Waals surface area contributed by atoms with Gasteiger partial charge in [0.15, 0.2) is 0 Å². The van der Waals surface area contributed by atoms with E-state index in [1.54, 1.807) is 10.9 Å². The summed E-state index contributed by atoms with van der Waals surface area (Å²) in [5, 5.41) is 25.2. The van der Waals surface area contributed by atoms with E-state index in [4.69, 9.17) is 10.2 Å². The molecule has 3 N–H and O–H groups in total. The van der Waals surface area contributed by atoms with Crippen molar-refractivity contribution in [2.24, 2.45) is 0 Å². The van der Waals surface area contributed by atoms with Crippen molar-refractivity contribution >= 4 is 0 Å². The topological polar surface area (TPSA) is 70.3 Å². The van der Waals surface area contributed by atoms with Crippen molar-refractivity contribution in [1.29, 1.82) is 0 Å². The fourth-order valence-electron chi connectivity index (χ4n) is 1.62. The molecule has 0 aliphatic carbocycles. The van der Waals surface area contributed by atoms with E-state index in [0.29, 0.717) is 6.54 Å². The Labute approximate surface area is 106 Å². The minimum atomic E-state index is -0.287. The second-order valence-corrected chi connectivity index (χ2v) is 4.07. The van der Waals surface area contributed by atoms with Crippen LogP contribution in [-0.2, 0) is 6.54 Å². The molecule has 0 bridgehead atoms. The molecule has 0 saturated heterocycles. The average molecular weight is 247 g/mol. The van der Waals surface area contributed by atoms with Gasteiger partial charge in [-0.3, -0.25) is 0 Å². The third-order valence-electron chi connectivity index (χ3n) is 2.69. The van der Waals surface area contributed by atoms with E-state index in [1.807, 2.05) is 36.5 Å². The molecule has 2 rings (SSSR count). The second kappa shape index (κ2) is 6.30. The highest BCUT2D eigenvalue weighted by Crippen LogP contribution is 2.07. The number of hydrogen-bond acceptors (Lipinski definition) is 4. The Hall–Kier alpha value is -1.69. The third kappa shape index (κ3) is 3.16. The highest BCUT2D eigenvalue weighted by molar-refractivity contribution is 5.30. The zero-order chi connectivity index (χ0) is 12.8. The fraction of sp³-hybridized carbons (Fsp3) is 0.308. The number of hydrogen-bond donors (Lipinski definition) is 3. The predicted octanol–water partition coefficient (Wildman–Crippen LogP) is 0.315. The van der Waals surface area contributed by atoms with Gasteiger partial charge in [-0.05, 0) is 12.1 Å². The van der Waals surface area contributed by atoms with Crippen molar-refractivity contribution in [3.63, 3.8) is 0 Å². The Kier molecular flexibility index (Phi) is 4.46. The quantitative estimate of drug-likeness (QED) is 0.687. The number of aliphatic hydroxyl groups is 2. The molecule has 0 atom stereocenters. The largest absolute Gasteiger partial charge is 0.395 e. The van der Waals surface area contributed by atoms with E-state index in [-0.39, 0.29) is 19.3 Å². The van der Waals surface area contributed by atoms with E-state index >= 15 is 0 Å². The average Bonchev–Trinajstić information content (AvgIpc) is 2.90. The van der Waals surface area contributed by atoms with Crippen LogP contribution in [0.15, 0.2) is 42.7 Å². The van der Waals surface area contributed by atoms with Gasteiger partial charge < -0.3 is 15.5 Å². The molecule has 0 unspecified atom stereocenters. The van der Waals surface area contributed by atoms with Gasteiger partial charge in [-0.25, -0.2) is 4.68 Å². The van der Waals surface area contributed by atoms with Crippen molar-refractivity contribution in [3.8, 4) is 5.69 Å². The van der Waals surface area contributed by atoms with Gasteiger partial charge in [0.2, 0.25) is 0 Å². The summed E-state index contributed by atoms with van der Waals surface area (Å²) in [6.07, 6.45) is 3.69. The highest BCUT2D eigenvalue weighted by Gasteiger charge is 2.06. The number of nitrogens with zero attached hydrogens (tertiary/aromatic N) is 2. The van der Waals surface area contributed by atoms with E-state index in [2.05, 4.69) is 10.4 Å². The summed E-state index contributed by atoms with van der Waals surface area (Å²) in [5.74, 6) is 0. The Morgan fingerprint density at radius 3 is 2.56 bits per heavy atom. The molecule has 5 heteroatoms. The van der Waals surface area contributed by atoms with Crippen molar-refractivity contribution in [3.05, 3.63) is 48.3 Å². The molecule has 96 valence electrons. The fourth-order valence-corrected chi connectivity index (χ4v) is 1.62. The van der Waals surface area contributed by atoms with Gasteiger partial charge in [0.25, 0.3) is 0 Å². The molecule has 5 nitrogen and oxygen atoms in total. The molecule has 2 aromatic rings. The summed E-state index contributed by atoms with van der Waals surface area (Å²) < 4.78 is 1.80. The first-order chi connectivity index (χ1) is 8.83. The normalized spacial score (nSPS) is 11.1. The first kappa shape index (κ1) is 12.8. The van der Waals surface area contributed by atoms with Gasteiger partial charge in [0, 0.05) is 18.3 Å². The predicted molar refractivity (Wildman–Crippen MR) is 68.4 cm³/mol. The lowest BCUT2D eigenvalue weighted by molar-refractivity contribution is 0.170. The maximum absolute atomic E-state index is 8.94. The Balaban J connectivity index is 1.98. The molecule has 1 aromatic carbocycles. The van der Waals surface area contributed by atoms with Gasteiger partial charge in [0.1, 0.15) is 0 Å². The van der Waals surface area contributed by atoms with Crippen molar-refractivity contribution in [2.75, 3.05) is 13.2 Å². The molecule has 1 heterocycles. The molecular weight excluding hydrogens is 230 g/mol. The van der Waals surface area contributed by atoms with Gasteiger partial charge in [-0.1, -0.05) is 18.2 Å². The second-order valence-electron chi connectivity index (χ2n) is 4.07. The third-order valence-corrected chi connectivity index (χ3v) is 2.69. The molecule has 1 aromatic heterocycles. The molecule has 18 heavy (non-hydrogen) atoms. The number of nitrogens with one attached hydrogen (secondary N) is 1. The van der Waals surface area contributed by atoms with Crippen LogP contribution >= 0.6 is 0 Å². The maximum atomic E-state index is 8.94. The van der Waals surface area contributed by atoms with Gasteiger partial charge >= 0.3 is 0 Å². The zero-order valence-electron chi connectivity index (χ0n) is 10.0. The van der Waals surface area contributed by atoms with Crippen LogP contribution in [-0.4, -0.2) is 39.2 Å². The Morgan fingerprint density at radius 2 is 1.89 bits per heavy atom. The van der Waals surface area contributed by atoms with Crippen molar-refractivity contribution in [2.45, 2.75) is 12.6 Å². The van der Waals surface area contributed by atoms with Gasteiger partial charge in [-0.15, -0.1) is 0 Å². The molecule has 0 fully saturated rings. The zero-order valence-corrected chi connectivity index (χ0v) is 10.0. The van der Waals surface area contributed by atoms with Crippen molar-refractivity contribution < 1.29 is 10.2 Å². The monoisotopic (exact) mass is 247 g/mol. The number of para-hydroxylation sites is 1. The Morgan fingerprint density at radius 1 is 1.17 bits per heavy atom. The molecule has 0 radical (unpaired) electrons. The van der Waals surface area contributed by atoms with E-state index in [0.717, 1.165) is 11.3 Å². The number of rotatable bonds is 6. The first-order valence-corrected chi connectivity index (χ1v) is 5.87. The van der Waals surface area contributed by atoms with Crippen LogP contribution in [0, 0.1) is 0 Å². The van der Waals surface area contributed by atoms with Crippen LogP contribution < -0.4 is 5.32 Å². The molecular formula is C13H17N3O2.